The van der Waals surface area contributed by atoms with Crippen LogP contribution in [0.15, 0.2) is 30.5 Å². The van der Waals surface area contributed by atoms with Crippen LogP contribution in [0.25, 0.3) is 16.5 Å². The van der Waals surface area contributed by atoms with Crippen LogP contribution in [0.1, 0.15) is 25.0 Å². The molecule has 5 heteroatoms. The zero-order chi connectivity index (χ0) is 19.0. The van der Waals surface area contributed by atoms with Crippen LogP contribution in [-0.4, -0.2) is 59.1 Å². The topological polar surface area (TPSA) is 51.4 Å². The maximum atomic E-state index is 12.6. The van der Waals surface area contributed by atoms with Gasteiger partial charge in [-0.05, 0) is 43.0 Å². The van der Waals surface area contributed by atoms with Gasteiger partial charge in [-0.15, -0.1) is 6.42 Å². The summed E-state index contributed by atoms with van der Waals surface area (Å²) in [7, 11) is 0. The summed E-state index contributed by atoms with van der Waals surface area (Å²) < 4.78 is 0. The third-order valence-corrected chi connectivity index (χ3v) is 5.78. The Balaban J connectivity index is 1.72. The van der Waals surface area contributed by atoms with E-state index in [-0.39, 0.29) is 18.1 Å². The van der Waals surface area contributed by atoms with Gasteiger partial charge in [0.2, 0.25) is 0 Å². The summed E-state index contributed by atoms with van der Waals surface area (Å²) in [5.74, 6) is 2.80. The highest BCUT2D eigenvalue weighted by Gasteiger charge is 2.35. The quantitative estimate of drug-likeness (QED) is 0.822. The number of rotatable bonds is 4. The molecule has 0 spiro atoms. The van der Waals surface area contributed by atoms with Gasteiger partial charge < -0.3 is 15.2 Å². The van der Waals surface area contributed by atoms with E-state index in [2.05, 4.69) is 51.6 Å². The molecule has 0 fully saturated rings. The van der Waals surface area contributed by atoms with E-state index in [1.807, 2.05) is 18.7 Å². The summed E-state index contributed by atoms with van der Waals surface area (Å²) in [6.45, 7) is 6.72. The van der Waals surface area contributed by atoms with Crippen LogP contribution in [0, 0.1) is 12.3 Å². The minimum Gasteiger partial charge on any atom is -0.361 e. The molecule has 0 saturated carbocycles. The fourth-order valence-electron chi connectivity index (χ4n) is 4.47. The van der Waals surface area contributed by atoms with Crippen LogP contribution in [0.3, 0.4) is 0 Å². The Bertz CT molecular complexity index is 931. The number of amides is 2. The predicted octanol–water partition coefficient (Wildman–Crippen LogP) is 2.84. The first-order valence-electron chi connectivity index (χ1n) is 9.70. The number of carbonyl (C=O) groups is 1. The van der Waals surface area contributed by atoms with Gasteiger partial charge in [0, 0.05) is 42.8 Å². The van der Waals surface area contributed by atoms with Crippen molar-refractivity contribution in [2.75, 3.05) is 26.2 Å². The minimum absolute atomic E-state index is 0.0164. The fourth-order valence-corrected chi connectivity index (χ4v) is 4.47. The molecule has 1 aliphatic heterocycles. The number of hydrogen-bond acceptors (Lipinski definition) is 2. The van der Waals surface area contributed by atoms with Crippen molar-refractivity contribution in [3.8, 4) is 12.3 Å². The molecule has 1 aromatic carbocycles. The van der Waals surface area contributed by atoms with Crippen molar-refractivity contribution < 1.29 is 4.79 Å². The van der Waals surface area contributed by atoms with Crippen molar-refractivity contribution in [2.45, 2.75) is 32.4 Å². The lowest BCUT2D eigenvalue weighted by Gasteiger charge is -2.41. The van der Waals surface area contributed by atoms with Gasteiger partial charge in [-0.1, -0.05) is 24.1 Å². The molecule has 0 unspecified atom stereocenters. The summed E-state index contributed by atoms with van der Waals surface area (Å²) in [5, 5.41) is 4.49. The van der Waals surface area contributed by atoms with E-state index in [4.69, 9.17) is 6.42 Å². The average molecular weight is 362 g/mol. The van der Waals surface area contributed by atoms with Crippen molar-refractivity contribution in [2.24, 2.45) is 0 Å². The molecule has 2 aliphatic rings. The van der Waals surface area contributed by atoms with Crippen LogP contribution >= 0.6 is 0 Å². The van der Waals surface area contributed by atoms with Gasteiger partial charge in [0.25, 0.3) is 0 Å². The third kappa shape index (κ3) is 3.00. The first kappa shape index (κ1) is 17.7. The highest BCUT2D eigenvalue weighted by atomic mass is 16.2. The van der Waals surface area contributed by atoms with Gasteiger partial charge >= 0.3 is 6.03 Å². The second kappa shape index (κ2) is 7.13. The Morgan fingerprint density at radius 1 is 1.41 bits per heavy atom. The number of fused-ring (bicyclic) bond motifs is 2. The molecule has 4 rings (SSSR count). The summed E-state index contributed by atoms with van der Waals surface area (Å²) in [5.41, 5.74) is 5.04. The van der Waals surface area contributed by atoms with Crippen molar-refractivity contribution in [3.63, 3.8) is 0 Å². The number of hydrogen-bond donors (Lipinski definition) is 2. The van der Waals surface area contributed by atoms with E-state index >= 15 is 0 Å². The molecule has 0 saturated heterocycles. The van der Waals surface area contributed by atoms with Crippen molar-refractivity contribution in [1.82, 2.24) is 20.1 Å². The zero-order valence-electron chi connectivity index (χ0n) is 16.0. The lowest BCUT2D eigenvalue weighted by molar-refractivity contribution is 0.190. The zero-order valence-corrected chi connectivity index (χ0v) is 16.0. The Morgan fingerprint density at radius 3 is 2.96 bits per heavy atom. The normalized spacial score (nSPS) is 21.3. The van der Waals surface area contributed by atoms with E-state index in [0.717, 1.165) is 13.0 Å². The van der Waals surface area contributed by atoms with Crippen LogP contribution < -0.4 is 5.32 Å². The smallest absolute Gasteiger partial charge is 0.317 e. The number of terminal acetylenes is 1. The second-order valence-electron chi connectivity index (χ2n) is 7.25. The lowest BCUT2D eigenvalue weighted by atomic mass is 9.81. The van der Waals surface area contributed by atoms with Gasteiger partial charge in [0.05, 0.1) is 12.6 Å². The van der Waals surface area contributed by atoms with Crippen LogP contribution in [0.5, 0.6) is 0 Å². The minimum atomic E-state index is -0.0477. The monoisotopic (exact) mass is 362 g/mol. The molecule has 2 atom stereocenters. The Morgan fingerprint density at radius 2 is 2.22 bits per heavy atom. The second-order valence-corrected chi connectivity index (χ2v) is 7.25. The molecule has 0 bridgehead atoms. The highest BCUT2D eigenvalue weighted by molar-refractivity contribution is 5.98. The molecule has 5 nitrogen and oxygen atoms in total. The summed E-state index contributed by atoms with van der Waals surface area (Å²) in [4.78, 5) is 20.1. The fraction of sp³-hybridized carbons (Fsp3) is 0.409. The van der Waals surface area contributed by atoms with Crippen molar-refractivity contribution >= 4 is 22.5 Å². The Hall–Kier alpha value is -2.71. The van der Waals surface area contributed by atoms with Crippen LogP contribution in [-0.2, 0) is 6.42 Å². The van der Waals surface area contributed by atoms with Gasteiger partial charge in [-0.2, -0.15) is 0 Å². The van der Waals surface area contributed by atoms with E-state index in [0.29, 0.717) is 19.6 Å². The number of H-pyrrole nitrogens is 1. The molecule has 27 heavy (non-hydrogen) atoms. The van der Waals surface area contributed by atoms with E-state index in [1.54, 1.807) is 0 Å². The Kier molecular flexibility index (Phi) is 4.67. The number of aromatic amines is 1. The number of urea groups is 1. The standard InChI is InChI=1S/C22H26N4O/c1-4-10-26-14-16(24-22(27)25(5-2)6-3)12-18-17-8-7-9-19-21(17)15(13-23-19)11-20(18)26/h1,7-9,12-13,16,20,23H,5-6,10-11,14H2,2-3H3,(H,24,27)/t16-,20+/m0/s1. The van der Waals surface area contributed by atoms with Gasteiger partial charge in [-0.3, -0.25) is 4.90 Å². The maximum Gasteiger partial charge on any atom is 0.317 e. The van der Waals surface area contributed by atoms with E-state index < -0.39 is 0 Å². The molecule has 1 aromatic heterocycles. The molecule has 2 aromatic rings. The maximum absolute atomic E-state index is 12.6. The van der Waals surface area contributed by atoms with Crippen LogP contribution in [0.4, 0.5) is 4.79 Å². The van der Waals surface area contributed by atoms with Crippen molar-refractivity contribution in [1.29, 1.82) is 0 Å². The van der Waals surface area contributed by atoms with E-state index in [1.165, 1.54) is 27.6 Å². The first-order valence-corrected chi connectivity index (χ1v) is 9.70. The molecule has 140 valence electrons. The molecule has 0 radical (unpaired) electrons. The Labute approximate surface area is 160 Å². The number of aromatic nitrogens is 1. The van der Waals surface area contributed by atoms with Crippen molar-refractivity contribution in [3.05, 3.63) is 41.6 Å². The SMILES string of the molecule is C#CCN1C[C@@H](NC(=O)N(CC)CC)C=C2c3cccc4[nH]cc(c34)C[C@H]21. The number of carbonyl (C=O) groups excluding carboxylic acids is 1. The summed E-state index contributed by atoms with van der Waals surface area (Å²) in [6, 6.07) is 6.58. The molecular formula is C22H26N4O. The number of benzene rings is 1. The van der Waals surface area contributed by atoms with Gasteiger partial charge in [0.15, 0.2) is 0 Å². The van der Waals surface area contributed by atoms with Crippen LogP contribution in [0.2, 0.25) is 0 Å². The number of nitrogens with one attached hydrogen (secondary N) is 2. The molecule has 2 amide bonds. The highest BCUT2D eigenvalue weighted by Crippen LogP contribution is 2.40. The lowest BCUT2D eigenvalue weighted by Crippen LogP contribution is -2.54. The van der Waals surface area contributed by atoms with Gasteiger partial charge in [0.1, 0.15) is 0 Å². The van der Waals surface area contributed by atoms with Gasteiger partial charge in [-0.25, -0.2) is 4.79 Å². The molecular weight excluding hydrogens is 336 g/mol. The summed E-state index contributed by atoms with van der Waals surface area (Å²) in [6.07, 6.45) is 11.0. The largest absolute Gasteiger partial charge is 0.361 e. The molecule has 2 heterocycles. The average Bonchev–Trinajstić information content (AvgIpc) is 3.08. The summed E-state index contributed by atoms with van der Waals surface area (Å²) >= 11 is 0. The molecule has 2 N–H and O–H groups in total. The number of nitrogens with zero attached hydrogens (tertiary/aromatic N) is 2. The predicted molar refractivity (Wildman–Crippen MR) is 109 cm³/mol. The third-order valence-electron chi connectivity index (χ3n) is 5.78. The molecule has 1 aliphatic carbocycles. The first-order chi connectivity index (χ1) is 13.2. The van der Waals surface area contributed by atoms with E-state index in [9.17, 15) is 4.79 Å².